The number of thioether (sulfide) groups is 1. The average molecular weight is 411 g/mol. The summed E-state index contributed by atoms with van der Waals surface area (Å²) in [5.74, 6) is -0.0638. The molecule has 26 heavy (non-hydrogen) atoms. The van der Waals surface area contributed by atoms with Crippen molar-refractivity contribution < 1.29 is 14.3 Å². The molecule has 0 aliphatic rings. The van der Waals surface area contributed by atoms with Crippen molar-refractivity contribution in [1.29, 1.82) is 0 Å². The summed E-state index contributed by atoms with van der Waals surface area (Å²) in [4.78, 5) is 10.9. The van der Waals surface area contributed by atoms with E-state index in [0.29, 0.717) is 37.9 Å². The molecule has 0 aliphatic carbocycles. The number of aliphatic carboxylic acids is 1. The fourth-order valence-electron chi connectivity index (χ4n) is 2.11. The Morgan fingerprint density at radius 2 is 2.19 bits per heavy atom. The van der Waals surface area contributed by atoms with E-state index < -0.39 is 5.97 Å². The van der Waals surface area contributed by atoms with Crippen LogP contribution in [0.25, 0.3) is 11.4 Å². The van der Waals surface area contributed by atoms with Crippen LogP contribution < -0.4 is 0 Å². The van der Waals surface area contributed by atoms with E-state index in [0.717, 1.165) is 11.8 Å². The number of carboxylic acids is 1. The van der Waals surface area contributed by atoms with Gasteiger partial charge >= 0.3 is 5.97 Å². The van der Waals surface area contributed by atoms with Crippen LogP contribution in [0.1, 0.15) is 11.3 Å². The summed E-state index contributed by atoms with van der Waals surface area (Å²) in [7, 11) is 0. The molecular weight excluding hydrogens is 399 g/mol. The largest absolute Gasteiger partial charge is 0.481 e. The van der Waals surface area contributed by atoms with Crippen LogP contribution in [-0.4, -0.2) is 37.9 Å². The lowest BCUT2D eigenvalue weighted by molar-refractivity contribution is -0.133. The van der Waals surface area contributed by atoms with Crippen LogP contribution in [0.4, 0.5) is 0 Å². The third-order valence-corrected chi connectivity index (χ3v) is 5.07. The van der Waals surface area contributed by atoms with Gasteiger partial charge in [0.15, 0.2) is 5.82 Å². The van der Waals surface area contributed by atoms with E-state index in [1.54, 1.807) is 31.2 Å². The Labute approximate surface area is 162 Å². The fraction of sp³-hybridized carbons (Fsp3) is 0.125. The van der Waals surface area contributed by atoms with Gasteiger partial charge in [0.2, 0.25) is 5.16 Å². The van der Waals surface area contributed by atoms with Gasteiger partial charge in [-0.3, -0.25) is 4.79 Å². The Morgan fingerprint density at radius 3 is 2.88 bits per heavy atom. The number of benzene rings is 1. The molecule has 0 unspecified atom stereocenters. The molecule has 0 fully saturated rings. The molecule has 0 radical (unpaired) electrons. The second-order valence-corrected chi connectivity index (χ2v) is 6.81. The molecule has 7 nitrogen and oxygen atoms in total. The first-order chi connectivity index (χ1) is 12.5. The SMILES string of the molecule is Cc1occc1-c1nnc(SCC(=O)O)n1/N=C\c1cccc(Cl)c1Cl. The van der Waals surface area contributed by atoms with Crippen molar-refractivity contribution in [1.82, 2.24) is 14.9 Å². The lowest BCUT2D eigenvalue weighted by Crippen LogP contribution is -2.02. The highest BCUT2D eigenvalue weighted by Gasteiger charge is 2.18. The predicted molar refractivity (Wildman–Crippen MR) is 100 cm³/mol. The highest BCUT2D eigenvalue weighted by atomic mass is 35.5. The molecule has 0 bridgehead atoms. The summed E-state index contributed by atoms with van der Waals surface area (Å²) >= 11 is 13.2. The van der Waals surface area contributed by atoms with Crippen LogP contribution in [0.3, 0.4) is 0 Å². The van der Waals surface area contributed by atoms with Gasteiger partial charge in [0.05, 0.1) is 33.8 Å². The standard InChI is InChI=1S/C16H12Cl2N4O3S/c1-9-11(5-6-25-9)15-20-21-16(26-8-13(23)24)22(15)19-7-10-3-2-4-12(17)14(10)18/h2-7H,8H2,1H3,(H,23,24)/b19-7-. The van der Waals surface area contributed by atoms with Crippen molar-refractivity contribution in [2.24, 2.45) is 5.10 Å². The van der Waals surface area contributed by atoms with E-state index in [9.17, 15) is 4.79 Å². The van der Waals surface area contributed by atoms with Gasteiger partial charge in [-0.05, 0) is 19.1 Å². The van der Waals surface area contributed by atoms with Crippen LogP contribution in [0.2, 0.25) is 10.0 Å². The zero-order chi connectivity index (χ0) is 18.7. The fourth-order valence-corrected chi connectivity index (χ4v) is 3.07. The molecule has 0 aliphatic heterocycles. The maximum Gasteiger partial charge on any atom is 0.313 e. The first kappa shape index (κ1) is 18.5. The number of rotatable bonds is 6. The molecule has 10 heteroatoms. The van der Waals surface area contributed by atoms with Gasteiger partial charge in [-0.2, -0.15) is 9.78 Å². The topological polar surface area (TPSA) is 93.5 Å². The zero-order valence-electron chi connectivity index (χ0n) is 13.4. The number of carbonyl (C=O) groups is 1. The summed E-state index contributed by atoms with van der Waals surface area (Å²) in [6, 6.07) is 6.93. The molecule has 2 aromatic heterocycles. The van der Waals surface area contributed by atoms with Crippen LogP contribution in [-0.2, 0) is 4.79 Å². The highest BCUT2D eigenvalue weighted by Crippen LogP contribution is 2.28. The first-order valence-corrected chi connectivity index (χ1v) is 9.04. The monoisotopic (exact) mass is 410 g/mol. The molecule has 0 amide bonds. The number of aryl methyl sites for hydroxylation is 1. The molecule has 134 valence electrons. The van der Waals surface area contributed by atoms with Crippen LogP contribution in [0.15, 0.2) is 45.2 Å². The summed E-state index contributed by atoms with van der Waals surface area (Å²) < 4.78 is 6.75. The van der Waals surface area contributed by atoms with E-state index in [2.05, 4.69) is 15.3 Å². The van der Waals surface area contributed by atoms with Gasteiger partial charge in [0.1, 0.15) is 5.76 Å². The Balaban J connectivity index is 2.03. The van der Waals surface area contributed by atoms with Crippen LogP contribution in [0, 0.1) is 6.92 Å². The van der Waals surface area contributed by atoms with Crippen molar-refractivity contribution in [3.05, 3.63) is 51.9 Å². The first-order valence-electron chi connectivity index (χ1n) is 7.30. The molecule has 0 saturated carbocycles. The lowest BCUT2D eigenvalue weighted by atomic mass is 10.2. The van der Waals surface area contributed by atoms with Crippen LogP contribution >= 0.6 is 35.0 Å². The molecule has 2 heterocycles. The molecule has 0 spiro atoms. The molecule has 0 saturated heterocycles. The molecule has 3 rings (SSSR count). The second-order valence-electron chi connectivity index (χ2n) is 5.08. The normalized spacial score (nSPS) is 11.3. The Bertz CT molecular complexity index is 984. The number of hydrogen-bond acceptors (Lipinski definition) is 6. The second kappa shape index (κ2) is 7.94. The summed E-state index contributed by atoms with van der Waals surface area (Å²) in [5, 5.41) is 22.6. The van der Waals surface area contributed by atoms with Gasteiger partial charge in [-0.25, -0.2) is 0 Å². The summed E-state index contributed by atoms with van der Waals surface area (Å²) in [5.41, 5.74) is 1.31. The summed E-state index contributed by atoms with van der Waals surface area (Å²) in [6.07, 6.45) is 3.05. The quantitative estimate of drug-likeness (QED) is 0.483. The highest BCUT2D eigenvalue weighted by molar-refractivity contribution is 7.99. The Morgan fingerprint density at radius 1 is 1.38 bits per heavy atom. The molecular formula is C16H12Cl2N4O3S. The van der Waals surface area contributed by atoms with E-state index in [4.69, 9.17) is 32.7 Å². The van der Waals surface area contributed by atoms with Gasteiger partial charge in [-0.1, -0.05) is 47.1 Å². The van der Waals surface area contributed by atoms with Gasteiger partial charge in [-0.15, -0.1) is 10.2 Å². The Hall–Kier alpha value is -2.29. The summed E-state index contributed by atoms with van der Waals surface area (Å²) in [6.45, 7) is 1.79. The Kier molecular flexibility index (Phi) is 5.65. The number of aromatic nitrogens is 3. The molecule has 3 aromatic rings. The van der Waals surface area contributed by atoms with Gasteiger partial charge < -0.3 is 9.52 Å². The lowest BCUT2D eigenvalue weighted by Gasteiger charge is -2.04. The average Bonchev–Trinajstić information content (AvgIpc) is 3.19. The van der Waals surface area contributed by atoms with Crippen molar-refractivity contribution in [2.45, 2.75) is 12.1 Å². The van der Waals surface area contributed by atoms with Crippen molar-refractivity contribution in [3.63, 3.8) is 0 Å². The third-order valence-electron chi connectivity index (χ3n) is 3.33. The minimum Gasteiger partial charge on any atom is -0.481 e. The van der Waals surface area contributed by atoms with E-state index in [-0.39, 0.29) is 5.75 Å². The molecule has 1 N–H and O–H groups in total. The van der Waals surface area contributed by atoms with Crippen LogP contribution in [0.5, 0.6) is 0 Å². The maximum absolute atomic E-state index is 10.9. The van der Waals surface area contributed by atoms with Gasteiger partial charge in [0.25, 0.3) is 0 Å². The number of halogens is 2. The minimum atomic E-state index is -0.965. The third kappa shape index (κ3) is 3.92. The van der Waals surface area contributed by atoms with E-state index in [1.807, 2.05) is 0 Å². The smallest absolute Gasteiger partial charge is 0.313 e. The van der Waals surface area contributed by atoms with Gasteiger partial charge in [0, 0.05) is 5.56 Å². The number of carboxylic acid groups (broad SMARTS) is 1. The van der Waals surface area contributed by atoms with Crippen molar-refractivity contribution in [2.75, 3.05) is 5.75 Å². The predicted octanol–water partition coefficient (Wildman–Crippen LogP) is 4.21. The zero-order valence-corrected chi connectivity index (χ0v) is 15.7. The minimum absolute atomic E-state index is 0.171. The van der Waals surface area contributed by atoms with Crippen molar-refractivity contribution in [3.8, 4) is 11.4 Å². The maximum atomic E-state index is 10.9. The number of furan rings is 1. The number of nitrogens with zero attached hydrogens (tertiary/aromatic N) is 4. The van der Waals surface area contributed by atoms with E-state index >= 15 is 0 Å². The number of hydrogen-bond donors (Lipinski definition) is 1. The molecule has 1 aromatic carbocycles. The van der Waals surface area contributed by atoms with Crippen molar-refractivity contribution >= 4 is 47.1 Å². The molecule has 0 atom stereocenters. The van der Waals surface area contributed by atoms with E-state index in [1.165, 1.54) is 17.2 Å².